The molecule has 0 amide bonds. The Morgan fingerprint density at radius 2 is 1.89 bits per heavy atom. The lowest BCUT2D eigenvalue weighted by atomic mass is 10.0. The molecule has 0 unspecified atom stereocenters. The summed E-state index contributed by atoms with van der Waals surface area (Å²) in [5, 5.41) is 11.4. The average Bonchev–Trinajstić information content (AvgIpc) is 2.84. The van der Waals surface area contributed by atoms with Crippen molar-refractivity contribution in [1.29, 1.82) is 0 Å². The summed E-state index contributed by atoms with van der Waals surface area (Å²) in [5.74, 6) is 0.711. The third-order valence-electron chi connectivity index (χ3n) is 2.66. The van der Waals surface area contributed by atoms with Gasteiger partial charge >= 0.3 is 0 Å². The molecule has 0 spiro atoms. The number of benzene rings is 1. The van der Waals surface area contributed by atoms with Gasteiger partial charge in [-0.05, 0) is 35.1 Å². The Kier molecular flexibility index (Phi) is 4.64. The van der Waals surface area contributed by atoms with Gasteiger partial charge in [0.1, 0.15) is 0 Å². The maximum absolute atomic E-state index is 3.84. The zero-order valence-electron chi connectivity index (χ0n) is 10.8. The van der Waals surface area contributed by atoms with Crippen LogP contribution in [0.4, 0.5) is 5.13 Å². The van der Waals surface area contributed by atoms with Gasteiger partial charge in [-0.1, -0.05) is 47.7 Å². The molecular formula is C13H18N4S. The minimum absolute atomic E-state index is 0.711. The van der Waals surface area contributed by atoms with Crippen LogP contribution in [-0.4, -0.2) is 21.3 Å². The lowest BCUT2D eigenvalue weighted by molar-refractivity contribution is 0.647. The zero-order valence-corrected chi connectivity index (χ0v) is 11.6. The van der Waals surface area contributed by atoms with Crippen molar-refractivity contribution in [3.8, 4) is 0 Å². The van der Waals surface area contributed by atoms with Crippen molar-refractivity contribution < 1.29 is 0 Å². The van der Waals surface area contributed by atoms with Crippen LogP contribution in [0.15, 0.2) is 24.3 Å². The van der Waals surface area contributed by atoms with Gasteiger partial charge in [-0.15, -0.1) is 0 Å². The third kappa shape index (κ3) is 4.07. The quantitative estimate of drug-likeness (QED) is 0.869. The van der Waals surface area contributed by atoms with E-state index in [0.29, 0.717) is 5.92 Å². The number of hydrogen-bond donors (Lipinski definition) is 1. The number of nitrogens with one attached hydrogen (secondary N) is 1. The molecule has 0 saturated carbocycles. The van der Waals surface area contributed by atoms with Crippen LogP contribution in [0, 0.1) is 5.92 Å². The minimum Gasteiger partial charge on any atom is -0.359 e. The highest BCUT2D eigenvalue weighted by Crippen LogP contribution is 2.11. The summed E-state index contributed by atoms with van der Waals surface area (Å²) in [5.41, 5.74) is 2.75. The van der Waals surface area contributed by atoms with Crippen molar-refractivity contribution in [2.24, 2.45) is 5.92 Å². The predicted molar refractivity (Wildman–Crippen MR) is 74.9 cm³/mol. The third-order valence-corrected chi connectivity index (χ3v) is 3.21. The molecule has 4 nitrogen and oxygen atoms in total. The second kappa shape index (κ2) is 6.44. The summed E-state index contributed by atoms with van der Waals surface area (Å²) in [6, 6.07) is 8.86. The van der Waals surface area contributed by atoms with Gasteiger partial charge in [0.2, 0.25) is 5.13 Å². The summed E-state index contributed by atoms with van der Waals surface area (Å²) in [6.45, 7) is 5.35. The molecular weight excluding hydrogens is 244 g/mol. The molecule has 0 aliphatic carbocycles. The number of aromatic nitrogens is 3. The molecule has 0 saturated heterocycles. The molecule has 1 aromatic carbocycles. The van der Waals surface area contributed by atoms with E-state index in [9.17, 15) is 0 Å². The van der Waals surface area contributed by atoms with Crippen LogP contribution in [0.1, 0.15) is 25.0 Å². The molecule has 18 heavy (non-hydrogen) atoms. The van der Waals surface area contributed by atoms with E-state index in [4.69, 9.17) is 0 Å². The summed E-state index contributed by atoms with van der Waals surface area (Å²) in [7, 11) is 0. The Bertz CT molecular complexity index is 450. The lowest BCUT2D eigenvalue weighted by Crippen LogP contribution is -2.04. The smallest absolute Gasteiger partial charge is 0.225 e. The average molecular weight is 262 g/mol. The van der Waals surface area contributed by atoms with Crippen LogP contribution in [0.2, 0.25) is 0 Å². The molecule has 0 radical (unpaired) electrons. The maximum atomic E-state index is 3.84. The van der Waals surface area contributed by atoms with Gasteiger partial charge in [-0.3, -0.25) is 0 Å². The summed E-state index contributed by atoms with van der Waals surface area (Å²) in [6.07, 6.45) is 2.14. The first-order valence-corrected chi connectivity index (χ1v) is 6.98. The fraction of sp³-hybridized carbons (Fsp3) is 0.462. The molecule has 2 aromatic rings. The minimum atomic E-state index is 0.711. The Morgan fingerprint density at radius 3 is 2.50 bits per heavy atom. The van der Waals surface area contributed by atoms with Crippen LogP contribution in [-0.2, 0) is 12.8 Å². The van der Waals surface area contributed by atoms with E-state index in [0.717, 1.165) is 24.5 Å². The highest BCUT2D eigenvalue weighted by atomic mass is 32.1. The largest absolute Gasteiger partial charge is 0.359 e. The molecule has 0 fully saturated rings. The second-order valence-corrected chi connectivity index (χ2v) is 5.49. The van der Waals surface area contributed by atoms with Crippen LogP contribution in [0.25, 0.3) is 0 Å². The van der Waals surface area contributed by atoms with E-state index >= 15 is 0 Å². The lowest BCUT2D eigenvalue weighted by Gasteiger charge is -2.06. The molecule has 1 aromatic heterocycles. The van der Waals surface area contributed by atoms with Gasteiger partial charge in [0.05, 0.1) is 0 Å². The first-order chi connectivity index (χ1) is 8.74. The van der Waals surface area contributed by atoms with E-state index in [1.165, 1.54) is 22.7 Å². The molecule has 5 heteroatoms. The van der Waals surface area contributed by atoms with E-state index < -0.39 is 0 Å². The van der Waals surface area contributed by atoms with Crippen LogP contribution in [0.5, 0.6) is 0 Å². The van der Waals surface area contributed by atoms with E-state index in [1.807, 2.05) is 0 Å². The monoisotopic (exact) mass is 262 g/mol. The van der Waals surface area contributed by atoms with Crippen molar-refractivity contribution in [1.82, 2.24) is 14.8 Å². The Hall–Kier alpha value is -1.49. The maximum Gasteiger partial charge on any atom is 0.225 e. The molecule has 0 aliphatic rings. The van der Waals surface area contributed by atoms with Gasteiger partial charge < -0.3 is 5.32 Å². The normalized spacial score (nSPS) is 10.8. The van der Waals surface area contributed by atoms with E-state index in [2.05, 4.69) is 58.2 Å². The fourth-order valence-electron chi connectivity index (χ4n) is 1.83. The Morgan fingerprint density at radius 1 is 1.17 bits per heavy atom. The van der Waals surface area contributed by atoms with Crippen LogP contribution < -0.4 is 5.32 Å². The van der Waals surface area contributed by atoms with Crippen molar-refractivity contribution in [2.45, 2.75) is 26.7 Å². The van der Waals surface area contributed by atoms with Gasteiger partial charge in [0.15, 0.2) is 0 Å². The summed E-state index contributed by atoms with van der Waals surface area (Å²) in [4.78, 5) is 0. The number of rotatable bonds is 6. The number of anilines is 1. The molecule has 1 heterocycles. The van der Waals surface area contributed by atoms with Crippen molar-refractivity contribution in [3.05, 3.63) is 35.4 Å². The summed E-state index contributed by atoms with van der Waals surface area (Å²) >= 11 is 1.28. The molecule has 0 aliphatic heterocycles. The molecule has 2 rings (SSSR count). The SMILES string of the molecule is CC(C)Cc1ccc(CCNc2nnns2)cc1. The number of hydrogen-bond acceptors (Lipinski definition) is 5. The first-order valence-electron chi connectivity index (χ1n) is 6.21. The highest BCUT2D eigenvalue weighted by Gasteiger charge is 1.99. The molecule has 96 valence electrons. The standard InChI is InChI=1S/C13H18N4S/c1-10(2)9-12-5-3-11(4-6-12)7-8-14-13-15-16-17-18-13/h3-6,10H,7-9H2,1-2H3,(H,14,15,17). The van der Waals surface area contributed by atoms with E-state index in [-0.39, 0.29) is 0 Å². The van der Waals surface area contributed by atoms with Crippen molar-refractivity contribution in [3.63, 3.8) is 0 Å². The van der Waals surface area contributed by atoms with Gasteiger partial charge in [-0.2, -0.15) is 0 Å². The fourth-order valence-corrected chi connectivity index (χ4v) is 2.22. The number of nitrogens with zero attached hydrogens (tertiary/aromatic N) is 3. The van der Waals surface area contributed by atoms with Gasteiger partial charge in [0, 0.05) is 18.1 Å². The first kappa shape index (κ1) is 13.0. The van der Waals surface area contributed by atoms with Gasteiger partial charge in [0.25, 0.3) is 0 Å². The molecule has 0 atom stereocenters. The van der Waals surface area contributed by atoms with E-state index in [1.54, 1.807) is 0 Å². The topological polar surface area (TPSA) is 50.7 Å². The van der Waals surface area contributed by atoms with Gasteiger partial charge in [-0.25, -0.2) is 0 Å². The second-order valence-electron chi connectivity index (χ2n) is 4.76. The van der Waals surface area contributed by atoms with Crippen molar-refractivity contribution in [2.75, 3.05) is 11.9 Å². The molecule has 1 N–H and O–H groups in total. The van der Waals surface area contributed by atoms with Crippen LogP contribution in [0.3, 0.4) is 0 Å². The zero-order chi connectivity index (χ0) is 12.8. The predicted octanol–water partition coefficient (Wildman–Crippen LogP) is 2.79. The van der Waals surface area contributed by atoms with Crippen LogP contribution >= 0.6 is 11.5 Å². The summed E-state index contributed by atoms with van der Waals surface area (Å²) < 4.78 is 3.71. The Balaban J connectivity index is 1.79. The highest BCUT2D eigenvalue weighted by molar-refractivity contribution is 7.09. The molecule has 0 bridgehead atoms. The Labute approximate surface area is 112 Å². The van der Waals surface area contributed by atoms with Crippen molar-refractivity contribution >= 4 is 16.7 Å².